The van der Waals surface area contributed by atoms with Gasteiger partial charge in [0.15, 0.2) is 4.34 Å². The molecule has 3 aromatic rings. The molecule has 2 aromatic carbocycles. The average Bonchev–Trinajstić information content (AvgIpc) is 3.04. The van der Waals surface area contributed by atoms with E-state index in [2.05, 4.69) is 78.7 Å². The lowest BCUT2D eigenvalue weighted by Gasteiger charge is -2.05. The first-order valence-corrected chi connectivity index (χ1v) is 9.82. The van der Waals surface area contributed by atoms with E-state index >= 15 is 0 Å². The Balaban J connectivity index is 1.61. The molecule has 0 atom stereocenters. The lowest BCUT2D eigenvalue weighted by Crippen LogP contribution is -1.89. The quantitative estimate of drug-likeness (QED) is 0.571. The first-order valence-electron chi connectivity index (χ1n) is 8.02. The Kier molecular flexibility index (Phi) is 5.53. The summed E-state index contributed by atoms with van der Waals surface area (Å²) in [5.74, 6) is 0.924. The van der Waals surface area contributed by atoms with E-state index in [0.717, 1.165) is 27.3 Å². The second kappa shape index (κ2) is 7.81. The van der Waals surface area contributed by atoms with E-state index in [0.29, 0.717) is 0 Å². The monoisotopic (exact) mass is 355 g/mol. The van der Waals surface area contributed by atoms with Crippen LogP contribution >= 0.6 is 23.1 Å². The standard InChI is InChI=1S/C19H21N3S2/c1-4-15-7-9-17(10-8-15)20-18-21-22-19(24-18)23-12-16-11-13(2)5-6-14(16)3/h5-11H,4,12H2,1-3H3,(H,20,21). The summed E-state index contributed by atoms with van der Waals surface area (Å²) in [5, 5.41) is 12.7. The van der Waals surface area contributed by atoms with Crippen LogP contribution in [0.25, 0.3) is 0 Å². The van der Waals surface area contributed by atoms with Gasteiger partial charge in [0, 0.05) is 11.4 Å². The Morgan fingerprint density at radius 1 is 1.04 bits per heavy atom. The van der Waals surface area contributed by atoms with Crippen LogP contribution in [0.4, 0.5) is 10.8 Å². The van der Waals surface area contributed by atoms with Crippen molar-refractivity contribution in [1.29, 1.82) is 0 Å². The Morgan fingerprint density at radius 2 is 1.83 bits per heavy atom. The lowest BCUT2D eigenvalue weighted by molar-refractivity contribution is 1.01. The SMILES string of the molecule is CCc1ccc(Nc2nnc(SCc3cc(C)ccc3C)s2)cc1. The molecule has 0 saturated carbocycles. The van der Waals surface area contributed by atoms with Crippen molar-refractivity contribution in [2.24, 2.45) is 0 Å². The number of benzene rings is 2. The topological polar surface area (TPSA) is 37.8 Å². The van der Waals surface area contributed by atoms with Gasteiger partial charge in [0.2, 0.25) is 5.13 Å². The summed E-state index contributed by atoms with van der Waals surface area (Å²) in [6.07, 6.45) is 1.05. The summed E-state index contributed by atoms with van der Waals surface area (Å²) in [6.45, 7) is 6.44. The highest BCUT2D eigenvalue weighted by molar-refractivity contribution is 8.00. The maximum absolute atomic E-state index is 4.28. The van der Waals surface area contributed by atoms with Crippen LogP contribution in [0.3, 0.4) is 0 Å². The van der Waals surface area contributed by atoms with Crippen LogP contribution in [0.5, 0.6) is 0 Å². The van der Waals surface area contributed by atoms with Crippen LogP contribution in [-0.4, -0.2) is 10.2 Å². The summed E-state index contributed by atoms with van der Waals surface area (Å²) >= 11 is 3.34. The fourth-order valence-corrected chi connectivity index (χ4v) is 4.20. The molecule has 0 radical (unpaired) electrons. The molecular formula is C19H21N3S2. The highest BCUT2D eigenvalue weighted by Crippen LogP contribution is 2.30. The van der Waals surface area contributed by atoms with Gasteiger partial charge in [0.25, 0.3) is 0 Å². The van der Waals surface area contributed by atoms with Gasteiger partial charge in [-0.2, -0.15) is 0 Å². The average molecular weight is 356 g/mol. The molecular weight excluding hydrogens is 334 g/mol. The smallest absolute Gasteiger partial charge is 0.210 e. The fraction of sp³-hybridized carbons (Fsp3) is 0.263. The van der Waals surface area contributed by atoms with Crippen molar-refractivity contribution >= 4 is 33.9 Å². The minimum atomic E-state index is 0.836. The third-order valence-corrected chi connectivity index (χ3v) is 5.90. The van der Waals surface area contributed by atoms with Crippen molar-refractivity contribution in [2.45, 2.75) is 37.3 Å². The number of nitrogens with zero attached hydrogens (tertiary/aromatic N) is 2. The Labute approximate surface area is 151 Å². The molecule has 3 nitrogen and oxygen atoms in total. The van der Waals surface area contributed by atoms with Gasteiger partial charge in [-0.1, -0.05) is 65.9 Å². The van der Waals surface area contributed by atoms with Gasteiger partial charge in [-0.3, -0.25) is 0 Å². The first-order chi connectivity index (χ1) is 11.6. The zero-order valence-electron chi connectivity index (χ0n) is 14.2. The number of hydrogen-bond acceptors (Lipinski definition) is 5. The molecule has 1 heterocycles. The van der Waals surface area contributed by atoms with E-state index in [1.165, 1.54) is 22.3 Å². The molecule has 0 aliphatic heterocycles. The molecule has 124 valence electrons. The number of aryl methyl sites for hydroxylation is 3. The molecule has 1 aromatic heterocycles. The minimum absolute atomic E-state index is 0.836. The van der Waals surface area contributed by atoms with E-state index in [4.69, 9.17) is 0 Å². The normalized spacial score (nSPS) is 10.8. The number of thioether (sulfide) groups is 1. The number of hydrogen-bond donors (Lipinski definition) is 1. The molecule has 0 fully saturated rings. The van der Waals surface area contributed by atoms with Gasteiger partial charge in [-0.25, -0.2) is 0 Å². The maximum Gasteiger partial charge on any atom is 0.210 e. The maximum atomic E-state index is 4.28. The van der Waals surface area contributed by atoms with E-state index in [9.17, 15) is 0 Å². The van der Waals surface area contributed by atoms with Crippen molar-refractivity contribution in [3.8, 4) is 0 Å². The molecule has 0 aliphatic rings. The highest BCUT2D eigenvalue weighted by Gasteiger charge is 2.07. The predicted molar refractivity (Wildman–Crippen MR) is 104 cm³/mol. The van der Waals surface area contributed by atoms with Gasteiger partial charge in [-0.05, 0) is 49.1 Å². The second-order valence-corrected chi connectivity index (χ2v) is 7.97. The first kappa shape index (κ1) is 17.0. The Bertz CT molecular complexity index is 810. The van der Waals surface area contributed by atoms with Crippen LogP contribution in [0.2, 0.25) is 0 Å². The molecule has 0 aliphatic carbocycles. The van der Waals surface area contributed by atoms with Gasteiger partial charge in [0.1, 0.15) is 0 Å². The molecule has 0 saturated heterocycles. The minimum Gasteiger partial charge on any atom is -0.330 e. The van der Waals surface area contributed by atoms with Gasteiger partial charge < -0.3 is 5.32 Å². The summed E-state index contributed by atoms with van der Waals surface area (Å²) in [7, 11) is 0. The Hall–Kier alpha value is -1.85. The van der Waals surface area contributed by atoms with Gasteiger partial charge >= 0.3 is 0 Å². The third-order valence-electron chi connectivity index (χ3n) is 3.88. The zero-order chi connectivity index (χ0) is 16.9. The number of aromatic nitrogens is 2. The van der Waals surface area contributed by atoms with Gasteiger partial charge in [-0.15, -0.1) is 10.2 Å². The molecule has 5 heteroatoms. The van der Waals surface area contributed by atoms with Crippen molar-refractivity contribution < 1.29 is 0 Å². The molecule has 24 heavy (non-hydrogen) atoms. The summed E-state index contributed by atoms with van der Waals surface area (Å²) in [5.41, 5.74) is 6.37. The fourth-order valence-electron chi connectivity index (χ4n) is 2.36. The van der Waals surface area contributed by atoms with E-state index in [-0.39, 0.29) is 0 Å². The van der Waals surface area contributed by atoms with Crippen LogP contribution < -0.4 is 5.32 Å². The van der Waals surface area contributed by atoms with Crippen molar-refractivity contribution in [3.63, 3.8) is 0 Å². The van der Waals surface area contributed by atoms with Crippen molar-refractivity contribution in [1.82, 2.24) is 10.2 Å². The number of rotatable bonds is 6. The largest absolute Gasteiger partial charge is 0.330 e. The van der Waals surface area contributed by atoms with E-state index in [1.807, 2.05) is 0 Å². The highest BCUT2D eigenvalue weighted by atomic mass is 32.2. The van der Waals surface area contributed by atoms with Crippen molar-refractivity contribution in [3.05, 3.63) is 64.7 Å². The van der Waals surface area contributed by atoms with Crippen LogP contribution in [-0.2, 0) is 12.2 Å². The summed E-state index contributed by atoms with van der Waals surface area (Å²) in [4.78, 5) is 0. The van der Waals surface area contributed by atoms with Crippen LogP contribution in [0.1, 0.15) is 29.2 Å². The predicted octanol–water partition coefficient (Wildman–Crippen LogP) is 5.75. The second-order valence-electron chi connectivity index (χ2n) is 5.77. The molecule has 0 bridgehead atoms. The summed E-state index contributed by atoms with van der Waals surface area (Å²) < 4.78 is 0.989. The molecule has 3 rings (SSSR count). The molecule has 1 N–H and O–H groups in total. The third kappa shape index (κ3) is 4.36. The Morgan fingerprint density at radius 3 is 2.58 bits per heavy atom. The van der Waals surface area contributed by atoms with Crippen LogP contribution in [0.15, 0.2) is 46.8 Å². The zero-order valence-corrected chi connectivity index (χ0v) is 15.8. The number of nitrogens with one attached hydrogen (secondary N) is 1. The molecule has 0 spiro atoms. The van der Waals surface area contributed by atoms with E-state index in [1.54, 1.807) is 23.1 Å². The van der Waals surface area contributed by atoms with Gasteiger partial charge in [0.05, 0.1) is 0 Å². The summed E-state index contributed by atoms with van der Waals surface area (Å²) in [6, 6.07) is 15.0. The van der Waals surface area contributed by atoms with Crippen molar-refractivity contribution in [2.75, 3.05) is 5.32 Å². The molecule has 0 unspecified atom stereocenters. The van der Waals surface area contributed by atoms with E-state index < -0.39 is 0 Å². The molecule has 0 amide bonds. The number of anilines is 2. The lowest BCUT2D eigenvalue weighted by atomic mass is 10.1. The van der Waals surface area contributed by atoms with Crippen LogP contribution in [0, 0.1) is 13.8 Å².